The number of nitrogens with zero attached hydrogens (tertiary/aromatic N) is 1. The van der Waals surface area contributed by atoms with Gasteiger partial charge in [-0.25, -0.2) is 9.59 Å². The van der Waals surface area contributed by atoms with E-state index in [2.05, 4.69) is 71.0 Å². The highest BCUT2D eigenvalue weighted by Gasteiger charge is 2.39. The average molecular weight is 714 g/mol. The lowest BCUT2D eigenvalue weighted by molar-refractivity contribution is -0.276. The maximum Gasteiger partial charge on any atom is 0.328 e. The SMILES string of the molecule is COC(=O)[C@H](Cc1ccccc1)NC(=O)Nc1cccc([C@H]2O[C@@H](CN(Cc3ccccc3)Cc3ccccc3)[C@@H](C)[C@@H](c3ccc(CO)cc3)O2)c1. The Balaban J connectivity index is 1.23. The number of urea groups is 1. The van der Waals surface area contributed by atoms with E-state index in [1.807, 2.05) is 84.9 Å². The van der Waals surface area contributed by atoms with Crippen molar-refractivity contribution in [2.75, 3.05) is 19.0 Å². The minimum Gasteiger partial charge on any atom is -0.467 e. The highest BCUT2D eigenvalue weighted by molar-refractivity contribution is 5.92. The van der Waals surface area contributed by atoms with Crippen molar-refractivity contribution in [3.05, 3.63) is 173 Å². The van der Waals surface area contributed by atoms with E-state index in [1.165, 1.54) is 18.2 Å². The Bertz CT molecular complexity index is 1850. The number of hydrogen-bond acceptors (Lipinski definition) is 7. The van der Waals surface area contributed by atoms with Gasteiger partial charge in [0, 0.05) is 43.2 Å². The summed E-state index contributed by atoms with van der Waals surface area (Å²) in [6.07, 6.45) is -0.973. The number of amides is 2. The summed E-state index contributed by atoms with van der Waals surface area (Å²) in [5, 5.41) is 15.3. The van der Waals surface area contributed by atoms with Crippen molar-refractivity contribution in [3.8, 4) is 0 Å². The summed E-state index contributed by atoms with van der Waals surface area (Å²) in [6, 6.07) is 44.2. The summed E-state index contributed by atoms with van der Waals surface area (Å²) in [5.74, 6) is -0.555. The van der Waals surface area contributed by atoms with Crippen molar-refractivity contribution in [2.45, 2.75) is 57.6 Å². The van der Waals surface area contributed by atoms with E-state index in [4.69, 9.17) is 14.2 Å². The predicted molar refractivity (Wildman–Crippen MR) is 205 cm³/mol. The summed E-state index contributed by atoms with van der Waals surface area (Å²) in [5.41, 5.74) is 6.40. The maximum absolute atomic E-state index is 13.2. The van der Waals surface area contributed by atoms with Crippen LogP contribution in [-0.4, -0.2) is 47.8 Å². The molecular formula is C44H47N3O6. The van der Waals surface area contributed by atoms with Gasteiger partial charge in [0.2, 0.25) is 0 Å². The van der Waals surface area contributed by atoms with Gasteiger partial charge in [-0.1, -0.05) is 134 Å². The smallest absolute Gasteiger partial charge is 0.328 e. The molecule has 3 N–H and O–H groups in total. The molecular weight excluding hydrogens is 666 g/mol. The van der Waals surface area contributed by atoms with E-state index in [-0.39, 0.29) is 31.2 Å². The van der Waals surface area contributed by atoms with Gasteiger partial charge in [-0.3, -0.25) is 4.90 Å². The number of aliphatic hydroxyl groups is 1. The van der Waals surface area contributed by atoms with Gasteiger partial charge in [0.1, 0.15) is 6.04 Å². The fraction of sp³-hybridized carbons (Fsp3) is 0.273. The van der Waals surface area contributed by atoms with Crippen LogP contribution in [0.3, 0.4) is 0 Å². The second kappa shape index (κ2) is 18.4. The van der Waals surface area contributed by atoms with E-state index >= 15 is 0 Å². The summed E-state index contributed by atoms with van der Waals surface area (Å²) in [7, 11) is 1.30. The summed E-state index contributed by atoms with van der Waals surface area (Å²) in [4.78, 5) is 28.2. The van der Waals surface area contributed by atoms with Gasteiger partial charge in [0.15, 0.2) is 6.29 Å². The standard InChI is InChI=1S/C44H47N3O6/c1-31-40(29-47(27-33-15-8-4-9-16-33)28-34-17-10-5-11-18-34)52-43(53-41(31)36-23-21-35(30-48)22-24-36)37-19-12-20-38(26-37)45-44(50)46-39(42(49)51-2)25-32-13-6-3-7-14-32/h3-24,26,31,39-41,43,48H,25,27-30H2,1-2H3,(H2,45,46,50)/t31-,39+,40+,41+,43+/m1/s1. The molecule has 1 fully saturated rings. The fourth-order valence-corrected chi connectivity index (χ4v) is 6.72. The Morgan fingerprint density at radius 1 is 0.736 bits per heavy atom. The molecule has 2 amide bonds. The van der Waals surface area contributed by atoms with Crippen LogP contribution in [0.5, 0.6) is 0 Å². The summed E-state index contributed by atoms with van der Waals surface area (Å²) < 4.78 is 18.5. The molecule has 53 heavy (non-hydrogen) atoms. The number of methoxy groups -OCH3 is 1. The van der Waals surface area contributed by atoms with Crippen molar-refractivity contribution in [1.29, 1.82) is 0 Å². The molecule has 0 aliphatic carbocycles. The number of rotatable bonds is 14. The Morgan fingerprint density at radius 2 is 1.34 bits per heavy atom. The minimum absolute atomic E-state index is 0.0211. The first kappa shape index (κ1) is 37.4. The van der Waals surface area contributed by atoms with Crippen LogP contribution >= 0.6 is 0 Å². The summed E-state index contributed by atoms with van der Waals surface area (Å²) in [6.45, 7) is 4.25. The Labute approximate surface area is 311 Å². The Kier molecular flexibility index (Phi) is 13.0. The third kappa shape index (κ3) is 10.4. The molecule has 0 radical (unpaired) electrons. The normalized spacial score (nSPS) is 18.9. The number of nitrogens with one attached hydrogen (secondary N) is 2. The molecule has 9 heteroatoms. The van der Waals surface area contributed by atoms with Crippen molar-refractivity contribution < 1.29 is 28.9 Å². The number of ether oxygens (including phenoxy) is 3. The fourth-order valence-electron chi connectivity index (χ4n) is 6.72. The maximum atomic E-state index is 13.2. The highest BCUT2D eigenvalue weighted by Crippen LogP contribution is 2.42. The zero-order chi connectivity index (χ0) is 37.0. The number of aliphatic hydroxyl groups excluding tert-OH is 1. The second-order valence-corrected chi connectivity index (χ2v) is 13.5. The largest absolute Gasteiger partial charge is 0.467 e. The molecule has 9 nitrogen and oxygen atoms in total. The van der Waals surface area contributed by atoms with Gasteiger partial charge < -0.3 is 30.0 Å². The number of carbonyl (C=O) groups is 2. The number of esters is 1. The van der Waals surface area contributed by atoms with E-state index in [9.17, 15) is 14.7 Å². The first-order valence-corrected chi connectivity index (χ1v) is 18.0. The highest BCUT2D eigenvalue weighted by atomic mass is 16.7. The van der Waals surface area contributed by atoms with Crippen LogP contribution in [-0.2, 0) is 45.1 Å². The van der Waals surface area contributed by atoms with Crippen molar-refractivity contribution in [1.82, 2.24) is 10.2 Å². The topological polar surface area (TPSA) is 109 Å². The molecule has 1 aliphatic rings. The van der Waals surface area contributed by atoms with Crippen LogP contribution in [0.4, 0.5) is 10.5 Å². The van der Waals surface area contributed by atoms with Crippen LogP contribution in [0, 0.1) is 5.92 Å². The van der Waals surface area contributed by atoms with Crippen molar-refractivity contribution >= 4 is 17.7 Å². The first-order valence-electron chi connectivity index (χ1n) is 18.0. The van der Waals surface area contributed by atoms with Gasteiger partial charge in [-0.2, -0.15) is 0 Å². The molecule has 0 spiro atoms. The Morgan fingerprint density at radius 3 is 1.92 bits per heavy atom. The first-order chi connectivity index (χ1) is 25.9. The minimum atomic E-state index is -0.870. The molecule has 274 valence electrons. The third-order valence-electron chi connectivity index (χ3n) is 9.55. The van der Waals surface area contributed by atoms with Crippen LogP contribution < -0.4 is 10.6 Å². The number of carbonyl (C=O) groups excluding carboxylic acids is 2. The lowest BCUT2D eigenvalue weighted by Crippen LogP contribution is -2.45. The van der Waals surface area contributed by atoms with Gasteiger partial charge in [-0.05, 0) is 39.9 Å². The lowest BCUT2D eigenvalue weighted by atomic mass is 9.89. The molecule has 1 aliphatic heterocycles. The van der Waals surface area contributed by atoms with Crippen LogP contribution in [0.25, 0.3) is 0 Å². The van der Waals surface area contributed by atoms with Gasteiger partial charge >= 0.3 is 12.0 Å². The van der Waals surface area contributed by atoms with Gasteiger partial charge in [0.05, 0.1) is 25.9 Å². The number of benzene rings is 5. The van der Waals surface area contributed by atoms with E-state index < -0.39 is 24.3 Å². The Hall–Kier alpha value is -5.32. The molecule has 1 saturated heterocycles. The second-order valence-electron chi connectivity index (χ2n) is 13.5. The van der Waals surface area contributed by atoms with Gasteiger partial charge in [0.25, 0.3) is 0 Å². The average Bonchev–Trinajstić information content (AvgIpc) is 3.19. The van der Waals surface area contributed by atoms with Crippen LogP contribution in [0.1, 0.15) is 52.7 Å². The van der Waals surface area contributed by atoms with Gasteiger partial charge in [-0.15, -0.1) is 0 Å². The van der Waals surface area contributed by atoms with Crippen LogP contribution in [0.2, 0.25) is 0 Å². The zero-order valence-electron chi connectivity index (χ0n) is 30.1. The predicted octanol–water partition coefficient (Wildman–Crippen LogP) is 7.58. The van der Waals surface area contributed by atoms with E-state index in [0.717, 1.165) is 35.3 Å². The molecule has 6 rings (SSSR count). The number of anilines is 1. The molecule has 0 unspecified atom stereocenters. The van der Waals surface area contributed by atoms with Crippen LogP contribution in [0.15, 0.2) is 140 Å². The molecule has 0 aromatic heterocycles. The molecule has 1 heterocycles. The van der Waals surface area contributed by atoms with Crippen molar-refractivity contribution in [2.24, 2.45) is 5.92 Å². The van der Waals surface area contributed by atoms with E-state index in [0.29, 0.717) is 12.2 Å². The van der Waals surface area contributed by atoms with E-state index in [1.54, 1.807) is 6.07 Å². The quantitative estimate of drug-likeness (QED) is 0.102. The molecule has 0 bridgehead atoms. The zero-order valence-corrected chi connectivity index (χ0v) is 30.1. The monoisotopic (exact) mass is 713 g/mol. The lowest BCUT2D eigenvalue weighted by Gasteiger charge is -2.43. The third-order valence-corrected chi connectivity index (χ3v) is 9.55. The number of hydrogen-bond donors (Lipinski definition) is 3. The molecule has 5 atom stereocenters. The summed E-state index contributed by atoms with van der Waals surface area (Å²) >= 11 is 0. The molecule has 5 aromatic carbocycles. The molecule has 5 aromatic rings. The molecule has 0 saturated carbocycles. The van der Waals surface area contributed by atoms with Crippen molar-refractivity contribution in [3.63, 3.8) is 0 Å².